The lowest BCUT2D eigenvalue weighted by atomic mass is 10.0. The van der Waals surface area contributed by atoms with Gasteiger partial charge in [-0.25, -0.2) is 4.98 Å². The van der Waals surface area contributed by atoms with E-state index in [1.165, 1.54) is 11.5 Å². The number of carbonyl (C=O) groups excluding carboxylic acids is 1. The molecule has 0 aromatic carbocycles. The molecule has 0 saturated carbocycles. The van der Waals surface area contributed by atoms with Gasteiger partial charge in [0.25, 0.3) is 5.91 Å². The summed E-state index contributed by atoms with van der Waals surface area (Å²) >= 11 is 1.30. The lowest BCUT2D eigenvalue weighted by Gasteiger charge is -2.36. The predicted molar refractivity (Wildman–Crippen MR) is 109 cm³/mol. The summed E-state index contributed by atoms with van der Waals surface area (Å²) in [6.45, 7) is 8.83. The summed E-state index contributed by atoms with van der Waals surface area (Å²) in [5.41, 5.74) is 3.55. The summed E-state index contributed by atoms with van der Waals surface area (Å²) in [5.74, 6) is 0.730. The number of fused-ring (bicyclic) bond motifs is 1. The van der Waals surface area contributed by atoms with Crippen LogP contribution in [0, 0.1) is 6.92 Å². The van der Waals surface area contributed by atoms with Gasteiger partial charge in [0.15, 0.2) is 0 Å². The number of nitrogens with one attached hydrogen (secondary N) is 1. The van der Waals surface area contributed by atoms with Gasteiger partial charge in [0.2, 0.25) is 0 Å². The lowest BCUT2D eigenvalue weighted by molar-refractivity contribution is -0.00547. The molecule has 2 aliphatic heterocycles. The first-order valence-corrected chi connectivity index (χ1v) is 10.5. The van der Waals surface area contributed by atoms with Gasteiger partial charge in [-0.15, -0.1) is 0 Å². The fourth-order valence-electron chi connectivity index (χ4n) is 3.87. The molecule has 8 heteroatoms. The Morgan fingerprint density at radius 3 is 2.68 bits per heavy atom. The minimum absolute atomic E-state index is 0.111. The Morgan fingerprint density at radius 1 is 1.21 bits per heavy atom. The van der Waals surface area contributed by atoms with E-state index in [2.05, 4.69) is 28.4 Å². The highest BCUT2D eigenvalue weighted by Gasteiger charge is 2.27. The number of aromatic nitrogens is 2. The molecule has 0 unspecified atom stereocenters. The Balaban J connectivity index is 1.69. The molecule has 0 bridgehead atoms. The van der Waals surface area contributed by atoms with Crippen molar-refractivity contribution in [2.24, 2.45) is 0 Å². The average Bonchev–Trinajstić information content (AvgIpc) is 2.91. The standard InChI is InChI=1S/C20H26N4O3S/c1-12-8-19(28-23-12)22-20(25)16-9-18(24-10-13(2)27-14(3)11-24)21-17-5-7-26-6-4-15(16)17/h8-9,13-14H,4-7,10-11H2,1-3H3,(H,22,25)/t13-,14+. The number of anilines is 2. The summed E-state index contributed by atoms with van der Waals surface area (Å²) in [4.78, 5) is 20.3. The highest BCUT2D eigenvalue weighted by atomic mass is 32.1. The third-order valence-electron chi connectivity index (χ3n) is 5.03. The molecule has 1 saturated heterocycles. The van der Waals surface area contributed by atoms with Gasteiger partial charge in [0.1, 0.15) is 10.8 Å². The molecule has 150 valence electrons. The number of nitrogens with zero attached hydrogens (tertiary/aromatic N) is 3. The first-order valence-electron chi connectivity index (χ1n) is 9.75. The maximum Gasteiger partial charge on any atom is 0.256 e. The fourth-order valence-corrected chi connectivity index (χ4v) is 4.53. The molecule has 7 nitrogen and oxygen atoms in total. The summed E-state index contributed by atoms with van der Waals surface area (Å²) < 4.78 is 15.7. The second-order valence-electron chi connectivity index (χ2n) is 7.51. The Labute approximate surface area is 169 Å². The highest BCUT2D eigenvalue weighted by Crippen LogP contribution is 2.27. The number of hydrogen-bond acceptors (Lipinski definition) is 7. The van der Waals surface area contributed by atoms with Crippen LogP contribution >= 0.6 is 11.5 Å². The highest BCUT2D eigenvalue weighted by molar-refractivity contribution is 7.10. The van der Waals surface area contributed by atoms with E-state index in [0.717, 1.165) is 47.3 Å². The summed E-state index contributed by atoms with van der Waals surface area (Å²) in [6.07, 6.45) is 1.68. The van der Waals surface area contributed by atoms with Crippen molar-refractivity contribution in [1.82, 2.24) is 9.36 Å². The summed E-state index contributed by atoms with van der Waals surface area (Å²) in [7, 11) is 0. The van der Waals surface area contributed by atoms with Crippen molar-refractivity contribution >= 4 is 28.3 Å². The predicted octanol–water partition coefficient (Wildman–Crippen LogP) is 2.83. The van der Waals surface area contributed by atoms with Crippen LogP contribution in [0.15, 0.2) is 12.1 Å². The Hall–Kier alpha value is -2.03. The molecule has 1 N–H and O–H groups in total. The number of morpholine rings is 1. The van der Waals surface area contributed by atoms with E-state index < -0.39 is 0 Å². The van der Waals surface area contributed by atoms with Gasteiger partial charge in [-0.05, 0) is 56.4 Å². The number of pyridine rings is 1. The van der Waals surface area contributed by atoms with Gasteiger partial charge in [0, 0.05) is 30.8 Å². The van der Waals surface area contributed by atoms with Crippen LogP contribution in [0.25, 0.3) is 0 Å². The zero-order chi connectivity index (χ0) is 19.7. The molecule has 4 rings (SSSR count). The van der Waals surface area contributed by atoms with Gasteiger partial charge in [-0.1, -0.05) is 0 Å². The van der Waals surface area contributed by atoms with Gasteiger partial charge < -0.3 is 19.7 Å². The first-order chi connectivity index (χ1) is 13.5. The van der Waals surface area contributed by atoms with E-state index >= 15 is 0 Å². The molecule has 1 fully saturated rings. The molecular weight excluding hydrogens is 376 g/mol. The second kappa shape index (κ2) is 8.14. The normalized spacial score (nSPS) is 22.5. The minimum atomic E-state index is -0.111. The second-order valence-corrected chi connectivity index (χ2v) is 8.32. The zero-order valence-electron chi connectivity index (χ0n) is 16.5. The van der Waals surface area contributed by atoms with Crippen molar-refractivity contribution in [3.8, 4) is 0 Å². The van der Waals surface area contributed by atoms with E-state index in [1.807, 2.05) is 19.1 Å². The van der Waals surface area contributed by atoms with Crippen molar-refractivity contribution in [3.05, 3.63) is 34.6 Å². The van der Waals surface area contributed by atoms with Crippen molar-refractivity contribution < 1.29 is 14.3 Å². The van der Waals surface area contributed by atoms with E-state index in [9.17, 15) is 4.79 Å². The lowest BCUT2D eigenvalue weighted by Crippen LogP contribution is -2.46. The number of rotatable bonds is 3. The van der Waals surface area contributed by atoms with Crippen molar-refractivity contribution in [3.63, 3.8) is 0 Å². The minimum Gasteiger partial charge on any atom is -0.381 e. The average molecular weight is 403 g/mol. The maximum absolute atomic E-state index is 13.1. The number of aryl methyl sites for hydroxylation is 1. The van der Waals surface area contributed by atoms with Crippen LogP contribution in [0.2, 0.25) is 0 Å². The number of carbonyl (C=O) groups is 1. The topological polar surface area (TPSA) is 76.6 Å². The molecule has 0 radical (unpaired) electrons. The molecule has 0 spiro atoms. The van der Waals surface area contributed by atoms with E-state index in [4.69, 9.17) is 14.5 Å². The fraction of sp³-hybridized carbons (Fsp3) is 0.550. The van der Waals surface area contributed by atoms with E-state index in [0.29, 0.717) is 25.2 Å². The first kappa shape index (κ1) is 19.3. The van der Waals surface area contributed by atoms with Crippen molar-refractivity contribution in [2.45, 2.75) is 45.8 Å². The third kappa shape index (κ3) is 4.19. The SMILES string of the molecule is Cc1cc(NC(=O)c2cc(N3C[C@@H](C)O[C@@H](C)C3)nc3c2CCOCC3)sn1. The smallest absolute Gasteiger partial charge is 0.256 e. The van der Waals surface area contributed by atoms with Crippen LogP contribution in [0.1, 0.15) is 41.2 Å². The Kier molecular flexibility index (Phi) is 5.61. The molecule has 2 atom stereocenters. The number of hydrogen-bond donors (Lipinski definition) is 1. The number of ether oxygens (including phenoxy) is 2. The molecule has 28 heavy (non-hydrogen) atoms. The molecular formula is C20H26N4O3S. The van der Waals surface area contributed by atoms with Gasteiger partial charge in [0.05, 0.1) is 31.1 Å². The van der Waals surface area contributed by atoms with Crippen LogP contribution < -0.4 is 10.2 Å². The van der Waals surface area contributed by atoms with E-state index in [1.54, 1.807) is 0 Å². The zero-order valence-corrected chi connectivity index (χ0v) is 17.3. The molecule has 4 heterocycles. The Bertz CT molecular complexity index is 859. The third-order valence-corrected chi connectivity index (χ3v) is 5.82. The van der Waals surface area contributed by atoms with Crippen LogP contribution in [0.3, 0.4) is 0 Å². The maximum atomic E-state index is 13.1. The van der Waals surface area contributed by atoms with Crippen LogP contribution in [0.5, 0.6) is 0 Å². The monoisotopic (exact) mass is 402 g/mol. The quantitative estimate of drug-likeness (QED) is 0.851. The van der Waals surface area contributed by atoms with Gasteiger partial charge >= 0.3 is 0 Å². The van der Waals surface area contributed by atoms with Gasteiger partial charge in [-0.3, -0.25) is 4.79 Å². The largest absolute Gasteiger partial charge is 0.381 e. The summed E-state index contributed by atoms with van der Waals surface area (Å²) in [6, 6.07) is 3.82. The van der Waals surface area contributed by atoms with E-state index in [-0.39, 0.29) is 18.1 Å². The van der Waals surface area contributed by atoms with Crippen molar-refractivity contribution in [2.75, 3.05) is 36.5 Å². The Morgan fingerprint density at radius 2 is 1.96 bits per heavy atom. The van der Waals surface area contributed by atoms with Crippen LogP contribution in [-0.2, 0) is 22.3 Å². The van der Waals surface area contributed by atoms with Gasteiger partial charge in [-0.2, -0.15) is 4.37 Å². The van der Waals surface area contributed by atoms with Crippen LogP contribution in [0.4, 0.5) is 10.8 Å². The summed E-state index contributed by atoms with van der Waals surface area (Å²) in [5, 5.41) is 3.76. The molecule has 2 aromatic rings. The van der Waals surface area contributed by atoms with Crippen molar-refractivity contribution in [1.29, 1.82) is 0 Å². The van der Waals surface area contributed by atoms with Crippen LogP contribution in [-0.4, -0.2) is 53.8 Å². The molecule has 1 amide bonds. The molecule has 2 aromatic heterocycles. The molecule has 2 aliphatic rings. The number of amides is 1. The molecule has 0 aliphatic carbocycles.